The van der Waals surface area contributed by atoms with Crippen LogP contribution in [-0.2, 0) is 0 Å². The van der Waals surface area contributed by atoms with Gasteiger partial charge in [0.1, 0.15) is 0 Å². The van der Waals surface area contributed by atoms with Gasteiger partial charge in [-0.1, -0.05) is 21.1 Å². The number of nitrogens with zero attached hydrogens (tertiary/aromatic N) is 5. The number of likely N-dealkylation sites (N-methyl/N-ethyl adjacent to an activating group) is 1. The minimum Gasteiger partial charge on any atom is -0.334 e. The van der Waals surface area contributed by atoms with E-state index in [9.17, 15) is 0 Å². The molecule has 1 atom stereocenters. The van der Waals surface area contributed by atoms with Gasteiger partial charge < -0.3 is 9.84 Å². The lowest BCUT2D eigenvalue weighted by Crippen LogP contribution is -2.44. The van der Waals surface area contributed by atoms with Gasteiger partial charge in [0, 0.05) is 30.3 Å². The van der Waals surface area contributed by atoms with Crippen LogP contribution in [0.25, 0.3) is 17.1 Å². The molecule has 1 N–H and O–H groups in total. The standard InChI is InChI=1S/C16H17BrN6O/c1-22-7-6-18-9-14(22)15-20-16(24-21-15)11-8-19-23(10-11)13-4-2-12(17)3-5-13/h2-5,8,10,14,18H,6-7,9H2,1H3. The lowest BCUT2D eigenvalue weighted by Gasteiger charge is -2.30. The Hall–Kier alpha value is -2.03. The molecule has 1 aliphatic heterocycles. The molecule has 3 heterocycles. The minimum atomic E-state index is 0.137. The predicted molar refractivity (Wildman–Crippen MR) is 92.8 cm³/mol. The van der Waals surface area contributed by atoms with E-state index in [1.165, 1.54) is 0 Å². The van der Waals surface area contributed by atoms with Crippen LogP contribution in [0, 0.1) is 0 Å². The number of hydrogen-bond donors (Lipinski definition) is 1. The maximum atomic E-state index is 5.44. The molecule has 0 amide bonds. The van der Waals surface area contributed by atoms with E-state index in [0.717, 1.165) is 35.4 Å². The van der Waals surface area contributed by atoms with Crippen LogP contribution in [0.15, 0.2) is 45.7 Å². The third-order valence-corrected chi connectivity index (χ3v) is 4.70. The fourth-order valence-corrected chi connectivity index (χ4v) is 3.01. The Morgan fingerprint density at radius 3 is 2.92 bits per heavy atom. The van der Waals surface area contributed by atoms with Gasteiger partial charge in [0.25, 0.3) is 5.89 Å². The van der Waals surface area contributed by atoms with Crippen molar-refractivity contribution in [2.45, 2.75) is 6.04 Å². The van der Waals surface area contributed by atoms with E-state index < -0.39 is 0 Å². The summed E-state index contributed by atoms with van der Waals surface area (Å²) >= 11 is 3.43. The van der Waals surface area contributed by atoms with Gasteiger partial charge in [0.05, 0.1) is 23.5 Å². The van der Waals surface area contributed by atoms with Gasteiger partial charge in [-0.15, -0.1) is 0 Å². The summed E-state index contributed by atoms with van der Waals surface area (Å²) in [5, 5.41) is 11.9. The van der Waals surface area contributed by atoms with Gasteiger partial charge in [-0.25, -0.2) is 4.68 Å². The third-order valence-electron chi connectivity index (χ3n) is 4.17. The number of aromatic nitrogens is 4. The number of halogens is 1. The lowest BCUT2D eigenvalue weighted by atomic mass is 10.2. The molecule has 7 nitrogen and oxygen atoms in total. The zero-order valence-electron chi connectivity index (χ0n) is 13.2. The maximum Gasteiger partial charge on any atom is 0.261 e. The average molecular weight is 389 g/mol. The maximum absolute atomic E-state index is 5.44. The van der Waals surface area contributed by atoms with Gasteiger partial charge in [-0.3, -0.25) is 4.90 Å². The fraction of sp³-hybridized carbons (Fsp3) is 0.312. The second-order valence-corrected chi connectivity index (χ2v) is 6.72. The molecule has 24 heavy (non-hydrogen) atoms. The molecule has 4 rings (SSSR count). The van der Waals surface area contributed by atoms with Crippen molar-refractivity contribution >= 4 is 15.9 Å². The molecule has 1 aromatic carbocycles. The highest BCUT2D eigenvalue weighted by molar-refractivity contribution is 9.10. The Kier molecular flexibility index (Phi) is 4.17. The summed E-state index contributed by atoms with van der Waals surface area (Å²) in [6.07, 6.45) is 3.63. The van der Waals surface area contributed by atoms with Gasteiger partial charge in [-0.05, 0) is 31.3 Å². The molecule has 3 aromatic rings. The molecule has 0 radical (unpaired) electrons. The lowest BCUT2D eigenvalue weighted by molar-refractivity contribution is 0.190. The first-order valence-corrected chi connectivity index (χ1v) is 8.55. The van der Waals surface area contributed by atoms with Crippen molar-refractivity contribution < 1.29 is 4.52 Å². The quantitative estimate of drug-likeness (QED) is 0.741. The van der Waals surface area contributed by atoms with Gasteiger partial charge >= 0.3 is 0 Å². The second-order valence-electron chi connectivity index (χ2n) is 5.81. The molecule has 1 fully saturated rings. The number of rotatable bonds is 3. The highest BCUT2D eigenvalue weighted by atomic mass is 79.9. The molecule has 124 valence electrons. The Labute approximate surface area is 147 Å². The van der Waals surface area contributed by atoms with E-state index in [-0.39, 0.29) is 6.04 Å². The zero-order chi connectivity index (χ0) is 16.5. The van der Waals surface area contributed by atoms with E-state index in [1.807, 2.05) is 30.5 Å². The normalized spacial score (nSPS) is 18.8. The van der Waals surface area contributed by atoms with E-state index in [4.69, 9.17) is 4.52 Å². The molecule has 0 bridgehead atoms. The molecule has 0 spiro atoms. The summed E-state index contributed by atoms with van der Waals surface area (Å²) in [7, 11) is 2.08. The van der Waals surface area contributed by atoms with Crippen LogP contribution >= 0.6 is 15.9 Å². The average Bonchev–Trinajstić information content (AvgIpc) is 3.25. The van der Waals surface area contributed by atoms with Gasteiger partial charge in [0.15, 0.2) is 5.82 Å². The van der Waals surface area contributed by atoms with Crippen molar-refractivity contribution in [1.29, 1.82) is 0 Å². The largest absolute Gasteiger partial charge is 0.334 e. The van der Waals surface area contributed by atoms with Crippen LogP contribution in [0.2, 0.25) is 0 Å². The molecule has 1 aliphatic rings. The summed E-state index contributed by atoms with van der Waals surface area (Å²) in [6, 6.07) is 8.07. The Morgan fingerprint density at radius 1 is 1.29 bits per heavy atom. The predicted octanol–water partition coefficient (Wildman–Crippen LogP) is 2.26. The SMILES string of the molecule is CN1CCNCC1c1noc(-c2cnn(-c3ccc(Br)cc3)c2)n1. The summed E-state index contributed by atoms with van der Waals surface area (Å²) in [5.74, 6) is 1.20. The molecule has 0 aliphatic carbocycles. The first kappa shape index (κ1) is 15.5. The van der Waals surface area contributed by atoms with E-state index in [1.54, 1.807) is 10.9 Å². The van der Waals surface area contributed by atoms with Crippen LogP contribution in [-0.4, -0.2) is 51.5 Å². The zero-order valence-corrected chi connectivity index (χ0v) is 14.8. The number of nitrogens with one attached hydrogen (secondary N) is 1. The van der Waals surface area contributed by atoms with E-state index in [0.29, 0.717) is 11.7 Å². The summed E-state index contributed by atoms with van der Waals surface area (Å²) < 4.78 is 8.27. The van der Waals surface area contributed by atoms with Crippen LogP contribution in [0.4, 0.5) is 0 Å². The summed E-state index contributed by atoms with van der Waals surface area (Å²) in [4.78, 5) is 6.79. The van der Waals surface area contributed by atoms with Gasteiger partial charge in [-0.2, -0.15) is 10.1 Å². The summed E-state index contributed by atoms with van der Waals surface area (Å²) in [6.45, 7) is 2.78. The molecule has 2 aromatic heterocycles. The fourth-order valence-electron chi connectivity index (χ4n) is 2.75. The van der Waals surface area contributed by atoms with Gasteiger partial charge in [0.2, 0.25) is 0 Å². The van der Waals surface area contributed by atoms with Crippen LogP contribution in [0.1, 0.15) is 11.9 Å². The number of benzene rings is 1. The molecule has 0 saturated carbocycles. The topological polar surface area (TPSA) is 72.0 Å². The van der Waals surface area contributed by atoms with Crippen molar-refractivity contribution in [1.82, 2.24) is 30.1 Å². The van der Waals surface area contributed by atoms with Crippen LogP contribution in [0.5, 0.6) is 0 Å². The van der Waals surface area contributed by atoms with Crippen molar-refractivity contribution in [3.8, 4) is 17.1 Å². The Morgan fingerprint density at radius 2 is 2.12 bits per heavy atom. The highest BCUT2D eigenvalue weighted by Gasteiger charge is 2.25. The van der Waals surface area contributed by atoms with Crippen molar-refractivity contribution in [2.75, 3.05) is 26.7 Å². The third kappa shape index (κ3) is 3.00. The first-order chi connectivity index (χ1) is 11.7. The van der Waals surface area contributed by atoms with Crippen molar-refractivity contribution in [3.05, 3.63) is 47.0 Å². The van der Waals surface area contributed by atoms with Crippen LogP contribution < -0.4 is 5.32 Å². The van der Waals surface area contributed by atoms with Crippen molar-refractivity contribution in [3.63, 3.8) is 0 Å². The first-order valence-electron chi connectivity index (χ1n) is 7.76. The Balaban J connectivity index is 1.58. The van der Waals surface area contributed by atoms with E-state index in [2.05, 4.69) is 48.4 Å². The van der Waals surface area contributed by atoms with E-state index >= 15 is 0 Å². The molecule has 1 unspecified atom stereocenters. The minimum absolute atomic E-state index is 0.137. The second kappa shape index (κ2) is 6.46. The Bertz CT molecular complexity index is 827. The molecule has 8 heteroatoms. The smallest absolute Gasteiger partial charge is 0.261 e. The number of hydrogen-bond acceptors (Lipinski definition) is 6. The monoisotopic (exact) mass is 388 g/mol. The molecular formula is C16H17BrN6O. The van der Waals surface area contributed by atoms with Crippen LogP contribution in [0.3, 0.4) is 0 Å². The molecule has 1 saturated heterocycles. The molecular weight excluding hydrogens is 372 g/mol. The highest BCUT2D eigenvalue weighted by Crippen LogP contribution is 2.23. The summed E-state index contributed by atoms with van der Waals surface area (Å²) in [5.41, 5.74) is 1.78. The van der Waals surface area contributed by atoms with Crippen molar-refractivity contribution in [2.24, 2.45) is 0 Å². The number of piperazine rings is 1.